The molecule has 0 bridgehead atoms. The van der Waals surface area contributed by atoms with Gasteiger partial charge in [0.25, 0.3) is 15.7 Å². The molecule has 0 aromatic heterocycles. The fourth-order valence-electron chi connectivity index (χ4n) is 1.90. The quantitative estimate of drug-likeness (QED) is 0.453. The third kappa shape index (κ3) is 2.98. The first kappa shape index (κ1) is 14.5. The maximum atomic E-state index is 12.5. The summed E-state index contributed by atoms with van der Waals surface area (Å²) in [6, 6.07) is 5.32. The highest BCUT2D eigenvalue weighted by molar-refractivity contribution is 7.89. The molecule has 0 aliphatic heterocycles. The van der Waals surface area contributed by atoms with Gasteiger partial charge in [0.05, 0.1) is 11.5 Å². The molecule has 0 atom stereocenters. The van der Waals surface area contributed by atoms with Crippen molar-refractivity contribution in [2.45, 2.75) is 17.7 Å². The van der Waals surface area contributed by atoms with Crippen molar-refractivity contribution >= 4 is 15.7 Å². The van der Waals surface area contributed by atoms with E-state index < -0.39 is 20.6 Å². The first-order valence-corrected chi connectivity index (χ1v) is 7.58. The molecule has 7 heteroatoms. The zero-order valence-corrected chi connectivity index (χ0v) is 11.5. The summed E-state index contributed by atoms with van der Waals surface area (Å²) in [4.78, 5) is 9.96. The molecule has 0 unspecified atom stereocenters. The van der Waals surface area contributed by atoms with E-state index in [0.717, 1.165) is 17.1 Å². The van der Waals surface area contributed by atoms with Gasteiger partial charge in [-0.05, 0) is 24.8 Å². The number of benzene rings is 1. The van der Waals surface area contributed by atoms with E-state index in [0.29, 0.717) is 12.5 Å². The highest BCUT2D eigenvalue weighted by atomic mass is 32.2. The van der Waals surface area contributed by atoms with Gasteiger partial charge >= 0.3 is 0 Å². The van der Waals surface area contributed by atoms with Gasteiger partial charge in [0.1, 0.15) is 0 Å². The lowest BCUT2D eigenvalue weighted by Crippen LogP contribution is -2.33. The van der Waals surface area contributed by atoms with Gasteiger partial charge in [-0.15, -0.1) is 6.42 Å². The monoisotopic (exact) mass is 294 g/mol. The number of sulfonamides is 1. The minimum absolute atomic E-state index is 0.0785. The number of nitrogens with zero attached hydrogens (tertiary/aromatic N) is 2. The molecule has 0 N–H and O–H groups in total. The summed E-state index contributed by atoms with van der Waals surface area (Å²) in [6.45, 7) is 0.240. The average molecular weight is 294 g/mol. The molecule has 0 spiro atoms. The number of para-hydroxylation sites is 1. The molecule has 0 saturated heterocycles. The van der Waals surface area contributed by atoms with Crippen molar-refractivity contribution in [2.24, 2.45) is 5.92 Å². The van der Waals surface area contributed by atoms with Crippen LogP contribution in [0, 0.1) is 28.4 Å². The van der Waals surface area contributed by atoms with E-state index in [1.807, 2.05) is 0 Å². The zero-order valence-electron chi connectivity index (χ0n) is 10.7. The van der Waals surface area contributed by atoms with Crippen LogP contribution in [-0.2, 0) is 10.0 Å². The topological polar surface area (TPSA) is 80.5 Å². The summed E-state index contributed by atoms with van der Waals surface area (Å²) in [5.41, 5.74) is -0.426. The van der Waals surface area contributed by atoms with Gasteiger partial charge in [-0.1, -0.05) is 18.1 Å². The third-order valence-corrected chi connectivity index (χ3v) is 4.97. The van der Waals surface area contributed by atoms with Crippen LogP contribution < -0.4 is 0 Å². The molecule has 6 nitrogen and oxygen atoms in total. The summed E-state index contributed by atoms with van der Waals surface area (Å²) in [6.07, 6.45) is 7.14. The third-order valence-electron chi connectivity index (χ3n) is 3.11. The minimum atomic E-state index is -3.94. The Labute approximate surface area is 117 Å². The first-order chi connectivity index (χ1) is 9.46. The van der Waals surface area contributed by atoms with E-state index >= 15 is 0 Å². The zero-order chi connectivity index (χ0) is 14.8. The molecule has 1 saturated carbocycles. The van der Waals surface area contributed by atoms with Gasteiger partial charge in [0, 0.05) is 12.6 Å². The Hall–Kier alpha value is -1.91. The maximum absolute atomic E-state index is 12.5. The second kappa shape index (κ2) is 5.61. The second-order valence-electron chi connectivity index (χ2n) is 4.67. The molecule has 20 heavy (non-hydrogen) atoms. The number of nitro groups is 1. The summed E-state index contributed by atoms with van der Waals surface area (Å²) >= 11 is 0. The van der Waals surface area contributed by atoms with Gasteiger partial charge in [0.2, 0.25) is 0 Å². The van der Waals surface area contributed by atoms with Crippen LogP contribution in [-0.4, -0.2) is 30.7 Å². The first-order valence-electron chi connectivity index (χ1n) is 6.14. The fourth-order valence-corrected chi connectivity index (χ4v) is 3.49. The predicted molar refractivity (Wildman–Crippen MR) is 73.4 cm³/mol. The Kier molecular flexibility index (Phi) is 4.06. The Morgan fingerprint density at radius 1 is 1.40 bits per heavy atom. The number of hydrogen-bond acceptors (Lipinski definition) is 4. The van der Waals surface area contributed by atoms with Gasteiger partial charge in [0.15, 0.2) is 4.90 Å². The lowest BCUT2D eigenvalue weighted by atomic mass is 10.3. The Morgan fingerprint density at radius 2 is 2.05 bits per heavy atom. The van der Waals surface area contributed by atoms with E-state index in [2.05, 4.69) is 5.92 Å². The standard InChI is InChI=1S/C13H14N2O4S/c1-2-9-14(10-11-7-8-11)20(18,19)13-6-4-3-5-12(13)15(16)17/h1,3-6,11H,7-10H2. The van der Waals surface area contributed by atoms with Crippen LogP contribution in [0.3, 0.4) is 0 Å². The normalized spacial score (nSPS) is 15.0. The predicted octanol–water partition coefficient (Wildman–Crippen LogP) is 1.63. The molecule has 1 aromatic rings. The SMILES string of the molecule is C#CCN(CC1CC1)S(=O)(=O)c1ccccc1[N+](=O)[O-]. The van der Waals surface area contributed by atoms with Gasteiger partial charge < -0.3 is 0 Å². The molecule has 1 fully saturated rings. The van der Waals surface area contributed by atoms with Crippen LogP contribution in [0.4, 0.5) is 5.69 Å². The van der Waals surface area contributed by atoms with Crippen molar-refractivity contribution in [3.8, 4) is 12.3 Å². The molecule has 0 heterocycles. The maximum Gasteiger partial charge on any atom is 0.289 e. The summed E-state index contributed by atoms with van der Waals surface area (Å²) < 4.78 is 26.2. The molecule has 2 rings (SSSR count). The van der Waals surface area contributed by atoms with Crippen LogP contribution in [0.25, 0.3) is 0 Å². The van der Waals surface area contributed by atoms with Crippen molar-refractivity contribution in [1.29, 1.82) is 0 Å². The number of hydrogen-bond donors (Lipinski definition) is 0. The van der Waals surface area contributed by atoms with Crippen molar-refractivity contribution in [1.82, 2.24) is 4.31 Å². The van der Waals surface area contributed by atoms with Crippen molar-refractivity contribution < 1.29 is 13.3 Å². The smallest absolute Gasteiger partial charge is 0.258 e. The molecular weight excluding hydrogens is 280 g/mol. The Bertz CT molecular complexity index is 659. The average Bonchev–Trinajstić information content (AvgIpc) is 3.22. The molecule has 0 amide bonds. The number of rotatable bonds is 6. The molecule has 1 aliphatic carbocycles. The van der Waals surface area contributed by atoms with E-state index in [-0.39, 0.29) is 11.4 Å². The van der Waals surface area contributed by atoms with Crippen LogP contribution in [0.15, 0.2) is 29.2 Å². The molecular formula is C13H14N2O4S. The second-order valence-corrected chi connectivity index (χ2v) is 6.58. The minimum Gasteiger partial charge on any atom is -0.258 e. The molecule has 1 aliphatic rings. The number of terminal acetylenes is 1. The largest absolute Gasteiger partial charge is 0.289 e. The molecule has 0 radical (unpaired) electrons. The van der Waals surface area contributed by atoms with Gasteiger partial charge in [-0.25, -0.2) is 8.42 Å². The van der Waals surface area contributed by atoms with Crippen LogP contribution in [0.5, 0.6) is 0 Å². The highest BCUT2D eigenvalue weighted by Crippen LogP contribution is 2.33. The highest BCUT2D eigenvalue weighted by Gasteiger charge is 2.34. The molecule has 1 aromatic carbocycles. The Morgan fingerprint density at radius 3 is 2.60 bits per heavy atom. The van der Waals surface area contributed by atoms with Crippen LogP contribution in [0.1, 0.15) is 12.8 Å². The van der Waals surface area contributed by atoms with E-state index in [9.17, 15) is 18.5 Å². The van der Waals surface area contributed by atoms with E-state index in [1.165, 1.54) is 24.3 Å². The van der Waals surface area contributed by atoms with Crippen LogP contribution >= 0.6 is 0 Å². The summed E-state index contributed by atoms with van der Waals surface area (Å²) in [7, 11) is -3.94. The Balaban J connectivity index is 2.41. The number of nitro benzene ring substituents is 1. The van der Waals surface area contributed by atoms with E-state index in [1.54, 1.807) is 0 Å². The lowest BCUT2D eigenvalue weighted by molar-refractivity contribution is -0.387. The summed E-state index contributed by atoms with van der Waals surface area (Å²) in [5, 5.41) is 11.0. The molecule has 106 valence electrons. The lowest BCUT2D eigenvalue weighted by Gasteiger charge is -2.19. The van der Waals surface area contributed by atoms with E-state index in [4.69, 9.17) is 6.42 Å². The summed E-state index contributed by atoms with van der Waals surface area (Å²) in [5.74, 6) is 2.61. The van der Waals surface area contributed by atoms with Crippen molar-refractivity contribution in [2.75, 3.05) is 13.1 Å². The van der Waals surface area contributed by atoms with Crippen LogP contribution in [0.2, 0.25) is 0 Å². The van der Waals surface area contributed by atoms with Crippen molar-refractivity contribution in [3.63, 3.8) is 0 Å². The van der Waals surface area contributed by atoms with Crippen molar-refractivity contribution in [3.05, 3.63) is 34.4 Å². The van der Waals surface area contributed by atoms with Gasteiger partial charge in [-0.2, -0.15) is 4.31 Å². The van der Waals surface area contributed by atoms with Gasteiger partial charge in [-0.3, -0.25) is 10.1 Å². The fraction of sp³-hybridized carbons (Fsp3) is 0.385.